The first-order chi connectivity index (χ1) is 11.4. The number of rotatable bonds is 11. The fourth-order valence-electron chi connectivity index (χ4n) is 2.76. The molecule has 3 nitrogen and oxygen atoms in total. The van der Waals surface area contributed by atoms with E-state index in [1.807, 2.05) is 39.1 Å². The van der Waals surface area contributed by atoms with Gasteiger partial charge in [0.25, 0.3) is 0 Å². The maximum Gasteiger partial charge on any atom is 0.132 e. The molecule has 0 bridgehead atoms. The SMILES string of the molecule is C=C(NCc1cccc(C)c1Cl)N(C)C(CCC)CCC(=O)CC. The summed E-state index contributed by atoms with van der Waals surface area (Å²) in [7, 11) is 2.05. The Hall–Kier alpha value is -1.48. The van der Waals surface area contributed by atoms with Crippen LogP contribution in [-0.2, 0) is 11.3 Å². The van der Waals surface area contributed by atoms with Crippen LogP contribution in [-0.4, -0.2) is 23.8 Å². The standard InChI is InChI=1S/C20H31ClN2O/c1-6-9-18(12-13-19(24)7-2)23(5)16(4)22-14-17-11-8-10-15(3)20(17)21/h8,10-11,18,22H,4,6-7,9,12-14H2,1-3,5H3. The molecule has 1 aromatic rings. The summed E-state index contributed by atoms with van der Waals surface area (Å²) < 4.78 is 0. The Kier molecular flexibility index (Phi) is 8.91. The summed E-state index contributed by atoms with van der Waals surface area (Å²) in [5.74, 6) is 1.20. The van der Waals surface area contributed by atoms with Gasteiger partial charge < -0.3 is 10.2 Å². The zero-order valence-corrected chi connectivity index (χ0v) is 16.2. The van der Waals surface area contributed by atoms with E-state index in [1.54, 1.807) is 0 Å². The van der Waals surface area contributed by atoms with E-state index in [9.17, 15) is 4.79 Å². The molecule has 24 heavy (non-hydrogen) atoms. The van der Waals surface area contributed by atoms with Gasteiger partial charge in [0.2, 0.25) is 0 Å². The fourth-order valence-corrected chi connectivity index (χ4v) is 2.95. The van der Waals surface area contributed by atoms with E-state index in [1.165, 1.54) is 0 Å². The van der Waals surface area contributed by atoms with E-state index in [0.717, 1.165) is 41.2 Å². The summed E-state index contributed by atoms with van der Waals surface area (Å²) in [5.41, 5.74) is 2.15. The number of ketones is 1. The van der Waals surface area contributed by atoms with Gasteiger partial charge in [0.05, 0.1) is 5.82 Å². The van der Waals surface area contributed by atoms with Crippen molar-refractivity contribution in [1.82, 2.24) is 10.2 Å². The second-order valence-corrected chi connectivity index (χ2v) is 6.71. The highest BCUT2D eigenvalue weighted by Gasteiger charge is 2.16. The Morgan fingerprint density at radius 3 is 2.67 bits per heavy atom. The molecule has 134 valence electrons. The van der Waals surface area contributed by atoms with E-state index < -0.39 is 0 Å². The molecule has 0 aliphatic heterocycles. The molecule has 0 aromatic heterocycles. The Labute approximate surface area is 152 Å². The normalized spacial score (nSPS) is 11.9. The molecule has 1 atom stereocenters. The molecule has 0 spiro atoms. The highest BCUT2D eigenvalue weighted by molar-refractivity contribution is 6.32. The number of Topliss-reactive ketones (excluding diaryl/α,β-unsaturated/α-hetero) is 1. The van der Waals surface area contributed by atoms with Gasteiger partial charge in [0, 0.05) is 37.5 Å². The first-order valence-electron chi connectivity index (χ1n) is 8.81. The van der Waals surface area contributed by atoms with Crippen LogP contribution in [0.1, 0.15) is 57.1 Å². The average Bonchev–Trinajstić information content (AvgIpc) is 2.58. The van der Waals surface area contributed by atoms with Gasteiger partial charge in [0.15, 0.2) is 0 Å². The van der Waals surface area contributed by atoms with Gasteiger partial charge >= 0.3 is 0 Å². The minimum absolute atomic E-state index is 0.328. The first kappa shape index (κ1) is 20.6. The maximum atomic E-state index is 11.6. The Morgan fingerprint density at radius 2 is 2.04 bits per heavy atom. The van der Waals surface area contributed by atoms with Gasteiger partial charge in [-0.1, -0.05) is 56.6 Å². The van der Waals surface area contributed by atoms with E-state index >= 15 is 0 Å². The monoisotopic (exact) mass is 350 g/mol. The third-order valence-electron chi connectivity index (χ3n) is 4.50. The summed E-state index contributed by atoms with van der Waals surface area (Å²) in [6.07, 6.45) is 4.28. The Balaban J connectivity index is 2.62. The Morgan fingerprint density at radius 1 is 1.33 bits per heavy atom. The van der Waals surface area contributed by atoms with Crippen LogP contribution in [0.5, 0.6) is 0 Å². The molecule has 0 radical (unpaired) electrons. The molecule has 0 fully saturated rings. The number of carbonyl (C=O) groups is 1. The van der Waals surface area contributed by atoms with Crippen LogP contribution >= 0.6 is 11.6 Å². The second-order valence-electron chi connectivity index (χ2n) is 6.33. The molecule has 1 N–H and O–H groups in total. The summed E-state index contributed by atoms with van der Waals surface area (Å²) in [4.78, 5) is 13.8. The smallest absolute Gasteiger partial charge is 0.132 e. The van der Waals surface area contributed by atoms with E-state index in [-0.39, 0.29) is 0 Å². The number of nitrogens with zero attached hydrogens (tertiary/aromatic N) is 1. The van der Waals surface area contributed by atoms with Gasteiger partial charge in [-0.05, 0) is 30.9 Å². The molecule has 1 aromatic carbocycles. The summed E-state index contributed by atoms with van der Waals surface area (Å²) in [6, 6.07) is 6.38. The first-order valence-corrected chi connectivity index (χ1v) is 9.19. The predicted molar refractivity (Wildman–Crippen MR) is 103 cm³/mol. The zero-order chi connectivity index (χ0) is 18.1. The summed E-state index contributed by atoms with van der Waals surface area (Å²) in [6.45, 7) is 10.9. The van der Waals surface area contributed by atoms with Crippen LogP contribution in [0, 0.1) is 6.92 Å². The van der Waals surface area contributed by atoms with E-state index in [2.05, 4.69) is 23.7 Å². The highest BCUT2D eigenvalue weighted by atomic mass is 35.5. The molecule has 1 rings (SSSR count). The lowest BCUT2D eigenvalue weighted by molar-refractivity contribution is -0.119. The van der Waals surface area contributed by atoms with Crippen molar-refractivity contribution in [2.45, 2.75) is 65.5 Å². The van der Waals surface area contributed by atoms with Crippen LogP contribution in [0.25, 0.3) is 0 Å². The second kappa shape index (κ2) is 10.4. The van der Waals surface area contributed by atoms with Crippen molar-refractivity contribution in [3.63, 3.8) is 0 Å². The fraction of sp³-hybridized carbons (Fsp3) is 0.550. The molecule has 0 saturated heterocycles. The quantitative estimate of drug-likeness (QED) is 0.604. The van der Waals surface area contributed by atoms with Crippen LogP contribution in [0.4, 0.5) is 0 Å². The summed E-state index contributed by atoms with van der Waals surface area (Å²) in [5, 5.41) is 4.17. The van der Waals surface area contributed by atoms with Crippen LogP contribution in [0.3, 0.4) is 0 Å². The summed E-state index contributed by atoms with van der Waals surface area (Å²) >= 11 is 6.35. The topological polar surface area (TPSA) is 32.3 Å². The van der Waals surface area contributed by atoms with Crippen molar-refractivity contribution in [1.29, 1.82) is 0 Å². The minimum atomic E-state index is 0.328. The van der Waals surface area contributed by atoms with Crippen molar-refractivity contribution in [3.05, 3.63) is 46.7 Å². The van der Waals surface area contributed by atoms with Gasteiger partial charge in [-0.2, -0.15) is 0 Å². The van der Waals surface area contributed by atoms with Crippen LogP contribution in [0.15, 0.2) is 30.6 Å². The van der Waals surface area contributed by atoms with Crippen molar-refractivity contribution in [2.75, 3.05) is 7.05 Å². The van der Waals surface area contributed by atoms with Crippen LogP contribution in [0.2, 0.25) is 5.02 Å². The third kappa shape index (κ3) is 6.20. The van der Waals surface area contributed by atoms with Gasteiger partial charge in [0.1, 0.15) is 5.78 Å². The molecule has 0 aliphatic rings. The molecule has 0 heterocycles. The van der Waals surface area contributed by atoms with Gasteiger partial charge in [-0.3, -0.25) is 4.79 Å². The molecule has 0 saturated carbocycles. The number of hydrogen-bond acceptors (Lipinski definition) is 3. The predicted octanol–water partition coefficient (Wildman–Crippen LogP) is 5.07. The average molecular weight is 351 g/mol. The lowest BCUT2D eigenvalue weighted by Crippen LogP contribution is -2.36. The van der Waals surface area contributed by atoms with Crippen molar-refractivity contribution >= 4 is 17.4 Å². The van der Waals surface area contributed by atoms with Crippen molar-refractivity contribution in [2.24, 2.45) is 0 Å². The minimum Gasteiger partial charge on any atom is -0.368 e. The van der Waals surface area contributed by atoms with Crippen LogP contribution < -0.4 is 5.32 Å². The number of benzene rings is 1. The number of hydrogen-bond donors (Lipinski definition) is 1. The maximum absolute atomic E-state index is 11.6. The lowest BCUT2D eigenvalue weighted by Gasteiger charge is -2.32. The zero-order valence-electron chi connectivity index (χ0n) is 15.5. The van der Waals surface area contributed by atoms with Crippen molar-refractivity contribution < 1.29 is 4.79 Å². The molecule has 4 heteroatoms. The number of halogens is 1. The molecule has 0 amide bonds. The number of carbonyl (C=O) groups excluding carboxylic acids is 1. The molecule has 1 unspecified atom stereocenters. The molecule has 0 aliphatic carbocycles. The Bertz CT molecular complexity index is 557. The number of aryl methyl sites for hydroxylation is 1. The van der Waals surface area contributed by atoms with Crippen molar-refractivity contribution in [3.8, 4) is 0 Å². The number of nitrogens with one attached hydrogen (secondary N) is 1. The van der Waals surface area contributed by atoms with Gasteiger partial charge in [-0.25, -0.2) is 0 Å². The largest absolute Gasteiger partial charge is 0.368 e. The third-order valence-corrected chi connectivity index (χ3v) is 5.04. The molecular formula is C20H31ClN2O. The van der Waals surface area contributed by atoms with E-state index in [4.69, 9.17) is 11.6 Å². The highest BCUT2D eigenvalue weighted by Crippen LogP contribution is 2.21. The van der Waals surface area contributed by atoms with E-state index in [0.29, 0.717) is 31.2 Å². The van der Waals surface area contributed by atoms with Gasteiger partial charge in [-0.15, -0.1) is 0 Å². The molecular weight excluding hydrogens is 320 g/mol. The lowest BCUT2D eigenvalue weighted by atomic mass is 10.0.